The van der Waals surface area contributed by atoms with Crippen molar-refractivity contribution >= 4 is 5.91 Å². The van der Waals surface area contributed by atoms with E-state index in [0.29, 0.717) is 24.0 Å². The second-order valence-corrected chi connectivity index (χ2v) is 5.71. The van der Waals surface area contributed by atoms with Crippen LogP contribution in [-0.4, -0.2) is 53.9 Å². The molecule has 0 saturated carbocycles. The van der Waals surface area contributed by atoms with Crippen LogP contribution in [0.1, 0.15) is 23.3 Å². The Balaban J connectivity index is 1.87. The van der Waals surface area contributed by atoms with E-state index in [2.05, 4.69) is 10.4 Å². The molecule has 122 valence electrons. The fraction of sp³-hybridized carbons (Fsp3) is 0.412. The van der Waals surface area contributed by atoms with Gasteiger partial charge in [0.1, 0.15) is 0 Å². The number of hydrogen-bond acceptors (Lipinski definition) is 4. The van der Waals surface area contributed by atoms with E-state index in [0.717, 1.165) is 25.1 Å². The summed E-state index contributed by atoms with van der Waals surface area (Å²) < 4.78 is 7.05. The van der Waals surface area contributed by atoms with E-state index in [-0.39, 0.29) is 5.91 Å². The molecule has 23 heavy (non-hydrogen) atoms. The molecule has 0 spiro atoms. The maximum absolute atomic E-state index is 12.8. The van der Waals surface area contributed by atoms with Crippen LogP contribution in [0.3, 0.4) is 0 Å². The standard InChI is InChI=1S/C17H22N4O2/c1-18-13-7-6-10-20(11-13)17(22)16-15(23-2)12-21(19-16)14-8-4-3-5-9-14/h3-5,8-9,12-13,18H,6-7,10-11H2,1-2H3. The van der Waals surface area contributed by atoms with Crippen LogP contribution in [0.4, 0.5) is 0 Å². The van der Waals surface area contributed by atoms with E-state index < -0.39 is 0 Å². The summed E-state index contributed by atoms with van der Waals surface area (Å²) in [6, 6.07) is 10.1. The van der Waals surface area contributed by atoms with E-state index in [1.165, 1.54) is 0 Å². The molecule has 1 aliphatic rings. The number of piperidine rings is 1. The average molecular weight is 314 g/mol. The monoisotopic (exact) mass is 314 g/mol. The highest BCUT2D eigenvalue weighted by molar-refractivity contribution is 5.95. The fourth-order valence-electron chi connectivity index (χ4n) is 2.92. The van der Waals surface area contributed by atoms with Gasteiger partial charge in [-0.3, -0.25) is 4.79 Å². The Morgan fingerprint density at radius 1 is 1.35 bits per heavy atom. The smallest absolute Gasteiger partial charge is 0.278 e. The van der Waals surface area contributed by atoms with Gasteiger partial charge in [-0.2, -0.15) is 5.10 Å². The third-order valence-corrected chi connectivity index (χ3v) is 4.24. The third-order valence-electron chi connectivity index (χ3n) is 4.24. The maximum Gasteiger partial charge on any atom is 0.278 e. The summed E-state index contributed by atoms with van der Waals surface area (Å²) in [6.45, 7) is 1.47. The Morgan fingerprint density at radius 2 is 2.13 bits per heavy atom. The van der Waals surface area contributed by atoms with Crippen LogP contribution in [0.2, 0.25) is 0 Å². The lowest BCUT2D eigenvalue weighted by molar-refractivity contribution is 0.0688. The number of ether oxygens (including phenoxy) is 1. The molecule has 1 atom stereocenters. The number of benzene rings is 1. The number of carbonyl (C=O) groups is 1. The van der Waals surface area contributed by atoms with Crippen molar-refractivity contribution in [3.8, 4) is 11.4 Å². The van der Waals surface area contributed by atoms with Crippen LogP contribution in [0.15, 0.2) is 36.5 Å². The minimum atomic E-state index is -0.0727. The zero-order valence-corrected chi connectivity index (χ0v) is 13.5. The van der Waals surface area contributed by atoms with Crippen molar-refractivity contribution in [1.82, 2.24) is 20.0 Å². The normalized spacial score (nSPS) is 18.0. The quantitative estimate of drug-likeness (QED) is 0.933. The van der Waals surface area contributed by atoms with Gasteiger partial charge in [-0.05, 0) is 32.0 Å². The van der Waals surface area contributed by atoms with Gasteiger partial charge in [-0.1, -0.05) is 18.2 Å². The second kappa shape index (κ2) is 6.83. The molecule has 0 radical (unpaired) electrons. The highest BCUT2D eigenvalue weighted by atomic mass is 16.5. The number of methoxy groups -OCH3 is 1. The predicted octanol–water partition coefficient (Wildman–Crippen LogP) is 1.70. The van der Waals surface area contributed by atoms with E-state index in [9.17, 15) is 4.79 Å². The summed E-state index contributed by atoms with van der Waals surface area (Å²) in [5.74, 6) is 0.432. The van der Waals surface area contributed by atoms with Gasteiger partial charge in [0.2, 0.25) is 0 Å². The molecule has 3 rings (SSSR count). The zero-order valence-electron chi connectivity index (χ0n) is 13.5. The Hall–Kier alpha value is -2.34. The molecule has 2 heterocycles. The summed E-state index contributed by atoms with van der Waals surface area (Å²) in [4.78, 5) is 14.7. The van der Waals surface area contributed by atoms with Crippen LogP contribution in [-0.2, 0) is 0 Å². The van der Waals surface area contributed by atoms with Gasteiger partial charge in [0, 0.05) is 19.1 Å². The van der Waals surface area contributed by atoms with Gasteiger partial charge in [-0.15, -0.1) is 0 Å². The first kappa shape index (κ1) is 15.6. The molecule has 0 bridgehead atoms. The average Bonchev–Trinajstić information content (AvgIpc) is 3.06. The highest BCUT2D eigenvalue weighted by Gasteiger charge is 2.28. The zero-order chi connectivity index (χ0) is 16.2. The lowest BCUT2D eigenvalue weighted by atomic mass is 10.1. The molecule has 1 N–H and O–H groups in total. The number of likely N-dealkylation sites (tertiary alicyclic amines) is 1. The van der Waals surface area contributed by atoms with Crippen LogP contribution in [0.25, 0.3) is 5.69 Å². The van der Waals surface area contributed by atoms with Gasteiger partial charge >= 0.3 is 0 Å². The number of nitrogens with zero attached hydrogens (tertiary/aromatic N) is 3. The van der Waals surface area contributed by atoms with Crippen molar-refractivity contribution in [3.63, 3.8) is 0 Å². The van der Waals surface area contributed by atoms with Crippen LogP contribution in [0.5, 0.6) is 5.75 Å². The van der Waals surface area contributed by atoms with Crippen molar-refractivity contribution in [2.75, 3.05) is 27.2 Å². The van der Waals surface area contributed by atoms with Gasteiger partial charge < -0.3 is 15.0 Å². The minimum absolute atomic E-state index is 0.0727. The van der Waals surface area contributed by atoms with E-state index in [1.807, 2.05) is 42.3 Å². The van der Waals surface area contributed by atoms with E-state index in [4.69, 9.17) is 4.74 Å². The lowest BCUT2D eigenvalue weighted by Crippen LogP contribution is -2.47. The number of aromatic nitrogens is 2. The van der Waals surface area contributed by atoms with Gasteiger partial charge in [0.15, 0.2) is 11.4 Å². The molecule has 1 unspecified atom stereocenters. The SMILES string of the molecule is CNC1CCCN(C(=O)c2nn(-c3ccccc3)cc2OC)C1. The first-order chi connectivity index (χ1) is 11.2. The largest absolute Gasteiger partial charge is 0.493 e. The molecule has 6 heteroatoms. The summed E-state index contributed by atoms with van der Waals surface area (Å²) >= 11 is 0. The maximum atomic E-state index is 12.8. The molecule has 1 fully saturated rings. The number of para-hydroxylation sites is 1. The number of rotatable bonds is 4. The van der Waals surface area contributed by atoms with Gasteiger partial charge in [0.25, 0.3) is 5.91 Å². The topological polar surface area (TPSA) is 59.4 Å². The van der Waals surface area contributed by atoms with Crippen molar-refractivity contribution in [2.24, 2.45) is 0 Å². The predicted molar refractivity (Wildman–Crippen MR) is 88.1 cm³/mol. The number of hydrogen-bond donors (Lipinski definition) is 1. The Bertz CT molecular complexity index is 668. The molecule has 2 aromatic rings. The molecule has 0 aliphatic carbocycles. The third kappa shape index (κ3) is 3.22. The summed E-state index contributed by atoms with van der Waals surface area (Å²) in [7, 11) is 3.50. The van der Waals surface area contributed by atoms with Crippen molar-refractivity contribution in [2.45, 2.75) is 18.9 Å². The van der Waals surface area contributed by atoms with Gasteiger partial charge in [-0.25, -0.2) is 4.68 Å². The van der Waals surface area contributed by atoms with E-state index in [1.54, 1.807) is 18.0 Å². The molecule has 1 saturated heterocycles. The Morgan fingerprint density at radius 3 is 2.83 bits per heavy atom. The summed E-state index contributed by atoms with van der Waals surface area (Å²) in [6.07, 6.45) is 3.84. The van der Waals surface area contributed by atoms with Gasteiger partial charge in [0.05, 0.1) is 19.0 Å². The first-order valence-electron chi connectivity index (χ1n) is 7.88. The van der Waals surface area contributed by atoms with Crippen molar-refractivity contribution < 1.29 is 9.53 Å². The van der Waals surface area contributed by atoms with Crippen molar-refractivity contribution in [3.05, 3.63) is 42.2 Å². The van der Waals surface area contributed by atoms with E-state index >= 15 is 0 Å². The van der Waals surface area contributed by atoms with Crippen LogP contribution in [0, 0.1) is 0 Å². The summed E-state index contributed by atoms with van der Waals surface area (Å²) in [5.41, 5.74) is 1.27. The van der Waals surface area contributed by atoms with Crippen molar-refractivity contribution in [1.29, 1.82) is 0 Å². The molecular formula is C17H22N4O2. The number of amides is 1. The molecular weight excluding hydrogens is 292 g/mol. The number of likely N-dealkylation sites (N-methyl/N-ethyl adjacent to an activating group) is 1. The minimum Gasteiger partial charge on any atom is -0.493 e. The van der Waals surface area contributed by atoms with Crippen LogP contribution < -0.4 is 10.1 Å². The second-order valence-electron chi connectivity index (χ2n) is 5.71. The first-order valence-corrected chi connectivity index (χ1v) is 7.88. The fourth-order valence-corrected chi connectivity index (χ4v) is 2.92. The lowest BCUT2D eigenvalue weighted by Gasteiger charge is -2.32. The highest BCUT2D eigenvalue weighted by Crippen LogP contribution is 2.22. The Labute approximate surface area is 136 Å². The molecule has 6 nitrogen and oxygen atoms in total. The molecule has 1 aromatic carbocycles. The number of nitrogens with one attached hydrogen (secondary N) is 1. The molecule has 1 amide bonds. The molecule has 1 aliphatic heterocycles. The Kier molecular flexibility index (Phi) is 4.62. The molecule has 1 aromatic heterocycles. The van der Waals surface area contributed by atoms with Crippen LogP contribution >= 0.6 is 0 Å². The number of carbonyl (C=O) groups excluding carboxylic acids is 1. The summed E-state index contributed by atoms with van der Waals surface area (Å²) in [5, 5.41) is 7.71.